The summed E-state index contributed by atoms with van der Waals surface area (Å²) in [7, 11) is 0. The van der Waals surface area contributed by atoms with E-state index in [0.29, 0.717) is 30.5 Å². The first-order valence-electron chi connectivity index (χ1n) is 24.6. The predicted octanol–water partition coefficient (Wildman–Crippen LogP) is 20.4. The van der Waals surface area contributed by atoms with Crippen LogP contribution in [0.2, 0.25) is 0 Å². The van der Waals surface area contributed by atoms with E-state index in [-0.39, 0.29) is 58.5 Å². The molecule has 0 aliphatic carbocycles. The molecule has 0 nitrogen and oxygen atoms in total. The van der Waals surface area contributed by atoms with Gasteiger partial charge in [0, 0.05) is 45.5 Å². The van der Waals surface area contributed by atoms with E-state index in [0.717, 1.165) is 18.1 Å². The molecule has 0 aromatic heterocycles. The maximum atomic E-state index is 13.3. The van der Waals surface area contributed by atoms with Crippen LogP contribution in [0.4, 0.5) is 74.6 Å². The molecule has 0 spiro atoms. The van der Waals surface area contributed by atoms with Gasteiger partial charge in [0.15, 0.2) is 40.7 Å². The van der Waals surface area contributed by atoms with Gasteiger partial charge in [0.1, 0.15) is 52.4 Å². The number of halogens is 17. The average molecular weight is 1110 g/mol. The van der Waals surface area contributed by atoms with Crippen molar-refractivity contribution in [2.75, 3.05) is 0 Å². The summed E-state index contributed by atoms with van der Waals surface area (Å²) in [5.74, 6) is -19.4. The Balaban J connectivity index is 0.000000463. The van der Waals surface area contributed by atoms with Gasteiger partial charge in [0.2, 0.25) is 5.82 Å². The predicted molar refractivity (Wildman–Crippen MR) is 270 cm³/mol. The van der Waals surface area contributed by atoms with Crippen molar-refractivity contribution >= 4 is 0 Å². The van der Waals surface area contributed by atoms with Gasteiger partial charge in [-0.2, -0.15) is 0 Å². The van der Waals surface area contributed by atoms with E-state index in [2.05, 4.69) is 0 Å². The van der Waals surface area contributed by atoms with Crippen LogP contribution in [-0.4, -0.2) is 0 Å². The van der Waals surface area contributed by atoms with E-state index < -0.39 is 116 Å². The van der Waals surface area contributed by atoms with Crippen molar-refractivity contribution in [3.63, 3.8) is 0 Å². The molecule has 0 N–H and O–H groups in total. The van der Waals surface area contributed by atoms with Crippen molar-refractivity contribution in [1.29, 1.82) is 0 Å². The SMILES string of the molecule is CC(C)Cc1c(F)c(F)c(F)c(F)c1F.CC(C)Cc1c(F)cccc1F.CC(C)c1c(F)cc(F)cc1F.Cc1c(F)c(F)c(F)c(C(C)C)c1F.Cc1cc(F)c(CC(C)C)c(F)c1.Cc1cccc(F)c1C(C)C. The standard InChI is InChI=1S/C11H14F2.C10H9F5.C10H10F4.C10H12F2.C10H13F.C9H9F3/c1-7(2)4-9-10(12)5-8(3)6-11(9)13;1-4(2)3-5-6(11)8(13)10(15)9(14)7(5)12;1-4(2)6-7(11)5(3)8(12)10(14)9(6)13;1-7(2)6-8-9(11)4-3-5-10(8)12;1-7(2)10-8(3)5-4-6-9(10)11;1-5(2)9-7(11)3-6(10)4-8(9)12/h5-7H,4H2,1-3H3;4H,3H2,1-2H3;4H,1-3H3;3-5,7H,6H2,1-2H3;4-7H,1-3H3;3-5H,1-2H3. The molecule has 77 heavy (non-hydrogen) atoms. The zero-order chi connectivity index (χ0) is 59.7. The summed E-state index contributed by atoms with van der Waals surface area (Å²) in [6, 6.07) is 13.3. The minimum atomic E-state index is -2.11. The van der Waals surface area contributed by atoms with Crippen LogP contribution in [0, 0.1) is 137 Å². The summed E-state index contributed by atoms with van der Waals surface area (Å²) in [4.78, 5) is 0. The number of hydrogen-bond donors (Lipinski definition) is 0. The fourth-order valence-electron chi connectivity index (χ4n) is 7.47. The molecular weight excluding hydrogens is 1040 g/mol. The summed E-state index contributed by atoms with van der Waals surface area (Å²) in [6.07, 6.45) is 0.724. The normalized spacial score (nSPS) is 10.9. The Morgan fingerprint density at radius 2 is 0.636 bits per heavy atom. The molecule has 0 radical (unpaired) electrons. The average Bonchev–Trinajstić information content (AvgIpc) is 3.30. The third kappa shape index (κ3) is 20.5. The van der Waals surface area contributed by atoms with Gasteiger partial charge in [0.05, 0.1) is 0 Å². The van der Waals surface area contributed by atoms with Crippen molar-refractivity contribution < 1.29 is 74.6 Å². The molecule has 6 aromatic rings. The zero-order valence-electron chi connectivity index (χ0n) is 45.8. The maximum absolute atomic E-state index is 13.3. The van der Waals surface area contributed by atoms with Crippen molar-refractivity contribution in [2.24, 2.45) is 17.8 Å². The topological polar surface area (TPSA) is 0 Å². The van der Waals surface area contributed by atoms with Crippen molar-refractivity contribution in [1.82, 2.24) is 0 Å². The van der Waals surface area contributed by atoms with Gasteiger partial charge in [-0.3, -0.25) is 0 Å². The quantitative estimate of drug-likeness (QED) is 0.0769. The molecule has 0 amide bonds. The van der Waals surface area contributed by atoms with E-state index in [1.807, 2.05) is 54.5 Å². The molecule has 0 aliphatic heterocycles. The van der Waals surface area contributed by atoms with Crippen LogP contribution in [0.5, 0.6) is 0 Å². The van der Waals surface area contributed by atoms with E-state index in [1.165, 1.54) is 50.2 Å². The Morgan fingerprint density at radius 1 is 0.299 bits per heavy atom. The van der Waals surface area contributed by atoms with Gasteiger partial charge in [0.25, 0.3) is 0 Å². The Labute approximate surface area is 441 Å². The fourth-order valence-corrected chi connectivity index (χ4v) is 7.47. The Bertz CT molecular complexity index is 2720. The molecule has 0 saturated carbocycles. The monoisotopic (exact) mass is 1110 g/mol. The van der Waals surface area contributed by atoms with Crippen molar-refractivity contribution in [2.45, 2.75) is 141 Å². The Morgan fingerprint density at radius 3 is 1.00 bits per heavy atom. The van der Waals surface area contributed by atoms with Crippen molar-refractivity contribution in [3.05, 3.63) is 210 Å². The number of rotatable bonds is 9. The van der Waals surface area contributed by atoms with E-state index in [1.54, 1.807) is 40.7 Å². The van der Waals surface area contributed by atoms with E-state index in [9.17, 15) is 74.6 Å². The van der Waals surface area contributed by atoms with Crippen LogP contribution in [0.1, 0.15) is 151 Å². The molecule has 17 heteroatoms. The van der Waals surface area contributed by atoms with E-state index in [4.69, 9.17) is 0 Å². The molecule has 0 heterocycles. The van der Waals surface area contributed by atoms with Crippen LogP contribution in [0.15, 0.2) is 60.7 Å². The summed E-state index contributed by atoms with van der Waals surface area (Å²) >= 11 is 0. The molecular formula is C60H67F17. The first-order chi connectivity index (χ1) is 35.5. The second-order valence-electron chi connectivity index (χ2n) is 20.3. The van der Waals surface area contributed by atoms with Gasteiger partial charge >= 0.3 is 0 Å². The van der Waals surface area contributed by atoms with Crippen LogP contribution in [0.25, 0.3) is 0 Å². The fraction of sp³-hybridized carbons (Fsp3) is 0.400. The highest BCUT2D eigenvalue weighted by atomic mass is 19.2. The van der Waals surface area contributed by atoms with Crippen LogP contribution >= 0.6 is 0 Å². The molecule has 0 atom stereocenters. The summed E-state index contributed by atoms with van der Waals surface area (Å²) in [6.45, 7) is 26.1. The Hall–Kier alpha value is -5.87. The number of hydrogen-bond acceptors (Lipinski definition) is 0. The first kappa shape index (κ1) is 69.1. The molecule has 0 unspecified atom stereocenters. The van der Waals surface area contributed by atoms with Gasteiger partial charge in [-0.1, -0.05) is 101 Å². The molecule has 0 saturated heterocycles. The third-order valence-electron chi connectivity index (χ3n) is 11.0. The molecule has 0 bridgehead atoms. The second-order valence-corrected chi connectivity index (χ2v) is 20.3. The van der Waals surface area contributed by atoms with Crippen molar-refractivity contribution in [3.8, 4) is 0 Å². The van der Waals surface area contributed by atoms with Crippen LogP contribution in [-0.2, 0) is 19.3 Å². The number of aryl methyl sites for hydroxylation is 2. The summed E-state index contributed by atoms with van der Waals surface area (Å²) in [5.41, 5.74) is 1.23. The zero-order valence-corrected chi connectivity index (χ0v) is 45.8. The molecule has 426 valence electrons. The molecule has 6 aromatic carbocycles. The lowest BCUT2D eigenvalue weighted by atomic mass is 9.98. The van der Waals surface area contributed by atoms with Crippen LogP contribution < -0.4 is 0 Å². The van der Waals surface area contributed by atoms with Gasteiger partial charge < -0.3 is 0 Å². The highest BCUT2D eigenvalue weighted by molar-refractivity contribution is 5.32. The Kier molecular flexibility index (Phi) is 28.3. The lowest BCUT2D eigenvalue weighted by Gasteiger charge is -2.12. The van der Waals surface area contributed by atoms with Crippen LogP contribution in [0.3, 0.4) is 0 Å². The summed E-state index contributed by atoms with van der Waals surface area (Å²) < 4.78 is 220. The minimum Gasteiger partial charge on any atom is -0.207 e. The van der Waals surface area contributed by atoms with Gasteiger partial charge in [-0.05, 0) is 123 Å². The lowest BCUT2D eigenvalue weighted by Crippen LogP contribution is -2.09. The van der Waals surface area contributed by atoms with E-state index >= 15 is 0 Å². The second kappa shape index (κ2) is 31.5. The largest absolute Gasteiger partial charge is 0.207 e. The highest BCUT2D eigenvalue weighted by Crippen LogP contribution is 2.30. The van der Waals surface area contributed by atoms with Gasteiger partial charge in [-0.25, -0.2) is 74.6 Å². The number of benzene rings is 6. The van der Waals surface area contributed by atoms with Gasteiger partial charge in [-0.15, -0.1) is 0 Å². The lowest BCUT2D eigenvalue weighted by molar-refractivity contribution is 0.366. The molecule has 0 aliphatic rings. The summed E-state index contributed by atoms with van der Waals surface area (Å²) in [5, 5.41) is 0. The maximum Gasteiger partial charge on any atom is 0.200 e. The minimum absolute atomic E-state index is 0.0589. The third-order valence-corrected chi connectivity index (χ3v) is 11.0. The first-order valence-corrected chi connectivity index (χ1v) is 24.6. The molecule has 0 fully saturated rings. The highest BCUT2D eigenvalue weighted by Gasteiger charge is 2.26. The smallest absolute Gasteiger partial charge is 0.200 e. The molecule has 6 rings (SSSR count).